The van der Waals surface area contributed by atoms with Crippen LogP contribution in [0.5, 0.6) is 0 Å². The molecule has 1 N–H and O–H groups in total. The number of benzene rings is 1. The largest absolute Gasteiger partial charge is 0.395 e. The normalized spacial score (nSPS) is 23.1. The number of nitrogens with zero attached hydrogens (tertiary/aromatic N) is 1. The standard InChI is InChI=1S/C15H23NO2/c1-16(7-8-17)11-14-9-15(10-14)18-12-13-5-3-2-4-6-13/h2-6,14-15,17H,7-12H2,1H3. The van der Waals surface area contributed by atoms with Gasteiger partial charge in [0.05, 0.1) is 19.3 Å². The number of likely N-dealkylation sites (N-methyl/N-ethyl adjacent to an activating group) is 1. The van der Waals surface area contributed by atoms with Crippen molar-refractivity contribution in [3.8, 4) is 0 Å². The fourth-order valence-electron chi connectivity index (χ4n) is 2.45. The lowest BCUT2D eigenvalue weighted by molar-refractivity contribution is -0.0469. The van der Waals surface area contributed by atoms with Crippen LogP contribution in [0.4, 0.5) is 0 Å². The lowest BCUT2D eigenvalue weighted by Gasteiger charge is -2.37. The quantitative estimate of drug-likeness (QED) is 0.801. The van der Waals surface area contributed by atoms with Crippen molar-refractivity contribution in [2.75, 3.05) is 26.7 Å². The van der Waals surface area contributed by atoms with Gasteiger partial charge < -0.3 is 14.7 Å². The Morgan fingerprint density at radius 2 is 2.00 bits per heavy atom. The van der Waals surface area contributed by atoms with Gasteiger partial charge in [-0.25, -0.2) is 0 Å². The molecule has 0 aromatic heterocycles. The van der Waals surface area contributed by atoms with E-state index in [0.29, 0.717) is 6.10 Å². The maximum absolute atomic E-state index is 8.84. The van der Waals surface area contributed by atoms with Crippen LogP contribution in [0.15, 0.2) is 30.3 Å². The smallest absolute Gasteiger partial charge is 0.0720 e. The Kier molecular flexibility index (Phi) is 5.17. The van der Waals surface area contributed by atoms with Crippen molar-refractivity contribution in [2.24, 2.45) is 5.92 Å². The highest BCUT2D eigenvalue weighted by Crippen LogP contribution is 2.31. The van der Waals surface area contributed by atoms with Crippen molar-refractivity contribution in [3.05, 3.63) is 35.9 Å². The number of aliphatic hydroxyl groups is 1. The van der Waals surface area contributed by atoms with E-state index < -0.39 is 0 Å². The minimum absolute atomic E-state index is 0.247. The summed E-state index contributed by atoms with van der Waals surface area (Å²) < 4.78 is 5.87. The van der Waals surface area contributed by atoms with Crippen molar-refractivity contribution in [2.45, 2.75) is 25.6 Å². The Bertz CT molecular complexity index is 336. The zero-order valence-electron chi connectivity index (χ0n) is 11.1. The molecule has 0 unspecified atom stereocenters. The highest BCUT2D eigenvalue weighted by atomic mass is 16.5. The van der Waals surface area contributed by atoms with E-state index in [1.165, 1.54) is 5.56 Å². The number of rotatable bonds is 7. The Morgan fingerprint density at radius 1 is 1.28 bits per heavy atom. The van der Waals surface area contributed by atoms with Gasteiger partial charge in [0.1, 0.15) is 0 Å². The SMILES string of the molecule is CN(CCO)CC1CC(OCc2ccccc2)C1. The predicted molar refractivity (Wildman–Crippen MR) is 72.3 cm³/mol. The van der Waals surface area contributed by atoms with E-state index in [9.17, 15) is 0 Å². The molecule has 0 atom stereocenters. The van der Waals surface area contributed by atoms with Crippen molar-refractivity contribution in [3.63, 3.8) is 0 Å². The summed E-state index contributed by atoms with van der Waals surface area (Å²) in [7, 11) is 2.06. The molecule has 0 amide bonds. The molecule has 1 aromatic rings. The molecule has 1 aliphatic carbocycles. The molecule has 2 rings (SSSR count). The van der Waals surface area contributed by atoms with Gasteiger partial charge >= 0.3 is 0 Å². The van der Waals surface area contributed by atoms with Crippen LogP contribution in [0.1, 0.15) is 18.4 Å². The summed E-state index contributed by atoms with van der Waals surface area (Å²) in [6.45, 7) is 2.82. The topological polar surface area (TPSA) is 32.7 Å². The van der Waals surface area contributed by atoms with Crippen LogP contribution in [0.2, 0.25) is 0 Å². The zero-order chi connectivity index (χ0) is 12.8. The first-order valence-corrected chi connectivity index (χ1v) is 6.73. The first-order chi connectivity index (χ1) is 8.78. The second kappa shape index (κ2) is 6.88. The third kappa shape index (κ3) is 4.09. The third-order valence-corrected chi connectivity index (χ3v) is 3.57. The number of aliphatic hydroxyl groups excluding tert-OH is 1. The van der Waals surface area contributed by atoms with E-state index >= 15 is 0 Å². The lowest BCUT2D eigenvalue weighted by atomic mass is 9.82. The second-order valence-electron chi connectivity index (χ2n) is 5.24. The summed E-state index contributed by atoms with van der Waals surface area (Å²) in [4.78, 5) is 2.19. The van der Waals surface area contributed by atoms with E-state index in [0.717, 1.165) is 38.5 Å². The van der Waals surface area contributed by atoms with Crippen LogP contribution in [0.25, 0.3) is 0 Å². The minimum Gasteiger partial charge on any atom is -0.395 e. The van der Waals surface area contributed by atoms with Gasteiger partial charge in [0.15, 0.2) is 0 Å². The molecule has 0 saturated heterocycles. The second-order valence-corrected chi connectivity index (χ2v) is 5.24. The molecule has 3 heteroatoms. The van der Waals surface area contributed by atoms with Gasteiger partial charge in [-0.15, -0.1) is 0 Å². The van der Waals surface area contributed by atoms with Gasteiger partial charge in [-0.05, 0) is 31.4 Å². The molecular formula is C15H23NO2. The Balaban J connectivity index is 1.59. The average molecular weight is 249 g/mol. The maximum Gasteiger partial charge on any atom is 0.0720 e. The van der Waals surface area contributed by atoms with Crippen molar-refractivity contribution in [1.82, 2.24) is 4.90 Å². The fourth-order valence-corrected chi connectivity index (χ4v) is 2.45. The first-order valence-electron chi connectivity index (χ1n) is 6.73. The summed E-state index contributed by atoms with van der Waals surface area (Å²) in [6, 6.07) is 10.3. The van der Waals surface area contributed by atoms with E-state index in [1.807, 2.05) is 18.2 Å². The van der Waals surface area contributed by atoms with Crippen LogP contribution in [0, 0.1) is 5.92 Å². The molecule has 1 saturated carbocycles. The molecule has 1 fully saturated rings. The molecule has 0 aliphatic heterocycles. The summed E-state index contributed by atoms with van der Waals surface area (Å²) in [5.74, 6) is 0.738. The summed E-state index contributed by atoms with van der Waals surface area (Å²) in [6.07, 6.45) is 2.74. The van der Waals surface area contributed by atoms with E-state index in [-0.39, 0.29) is 6.61 Å². The van der Waals surface area contributed by atoms with E-state index in [2.05, 4.69) is 24.1 Å². The lowest BCUT2D eigenvalue weighted by Crippen LogP contribution is -2.39. The van der Waals surface area contributed by atoms with Crippen LogP contribution in [0.3, 0.4) is 0 Å². The van der Waals surface area contributed by atoms with Crippen LogP contribution >= 0.6 is 0 Å². The summed E-state index contributed by atoms with van der Waals surface area (Å²) in [5.41, 5.74) is 1.25. The van der Waals surface area contributed by atoms with E-state index in [1.54, 1.807) is 0 Å². The first kappa shape index (κ1) is 13.5. The highest BCUT2D eigenvalue weighted by Gasteiger charge is 2.30. The van der Waals surface area contributed by atoms with Crippen LogP contribution in [-0.4, -0.2) is 42.9 Å². The predicted octanol–water partition coefficient (Wildman–Crippen LogP) is 1.91. The molecule has 18 heavy (non-hydrogen) atoms. The highest BCUT2D eigenvalue weighted by molar-refractivity contribution is 5.13. The number of hydrogen-bond acceptors (Lipinski definition) is 3. The van der Waals surface area contributed by atoms with Crippen LogP contribution < -0.4 is 0 Å². The van der Waals surface area contributed by atoms with Crippen molar-refractivity contribution in [1.29, 1.82) is 0 Å². The minimum atomic E-state index is 0.247. The summed E-state index contributed by atoms with van der Waals surface area (Å²) >= 11 is 0. The van der Waals surface area contributed by atoms with Gasteiger partial charge in [-0.3, -0.25) is 0 Å². The molecule has 1 aliphatic rings. The van der Waals surface area contributed by atoms with Gasteiger partial charge in [-0.2, -0.15) is 0 Å². The van der Waals surface area contributed by atoms with Crippen molar-refractivity contribution >= 4 is 0 Å². The molecule has 0 bridgehead atoms. The molecular weight excluding hydrogens is 226 g/mol. The fraction of sp³-hybridized carbons (Fsp3) is 0.600. The Morgan fingerprint density at radius 3 is 2.67 bits per heavy atom. The molecule has 0 spiro atoms. The summed E-state index contributed by atoms with van der Waals surface area (Å²) in [5, 5.41) is 8.84. The average Bonchev–Trinajstić information content (AvgIpc) is 2.33. The maximum atomic E-state index is 8.84. The molecule has 3 nitrogen and oxygen atoms in total. The Labute approximate surface area is 109 Å². The Hall–Kier alpha value is -0.900. The molecule has 100 valence electrons. The zero-order valence-corrected chi connectivity index (χ0v) is 11.1. The van der Waals surface area contributed by atoms with E-state index in [4.69, 9.17) is 9.84 Å². The molecule has 0 heterocycles. The monoisotopic (exact) mass is 249 g/mol. The van der Waals surface area contributed by atoms with Crippen LogP contribution in [-0.2, 0) is 11.3 Å². The van der Waals surface area contributed by atoms with Gasteiger partial charge in [0.2, 0.25) is 0 Å². The van der Waals surface area contributed by atoms with Gasteiger partial charge in [0, 0.05) is 13.1 Å². The van der Waals surface area contributed by atoms with Gasteiger partial charge in [-0.1, -0.05) is 30.3 Å². The van der Waals surface area contributed by atoms with Crippen molar-refractivity contribution < 1.29 is 9.84 Å². The molecule has 1 aromatic carbocycles. The third-order valence-electron chi connectivity index (χ3n) is 3.57. The molecule has 0 radical (unpaired) electrons. The number of hydrogen-bond donors (Lipinski definition) is 1. The van der Waals surface area contributed by atoms with Gasteiger partial charge in [0.25, 0.3) is 0 Å². The number of ether oxygens (including phenoxy) is 1.